The first kappa shape index (κ1) is 20.4. The summed E-state index contributed by atoms with van der Waals surface area (Å²) in [7, 11) is 1.92. The zero-order valence-electron chi connectivity index (χ0n) is 15.5. The first-order chi connectivity index (χ1) is 12.2. The summed E-state index contributed by atoms with van der Waals surface area (Å²) in [6.45, 7) is 5.45. The standard InChI is InChI=1S/C21H27N3O.ClH/c1-17-15-22-13-14-24(17)16-20(25)23(2)21(18-9-5-3-6-10-18)19-11-7-4-8-12-19;/h3-12,17,21-22H,13-16H2,1-2H3;1H/t17-;/m0./s1. The molecule has 0 saturated carbocycles. The maximum atomic E-state index is 13.0. The van der Waals surface area contributed by atoms with Crippen LogP contribution in [0.2, 0.25) is 0 Å². The van der Waals surface area contributed by atoms with Gasteiger partial charge in [0.25, 0.3) is 0 Å². The molecule has 0 aromatic heterocycles. The van der Waals surface area contributed by atoms with E-state index in [9.17, 15) is 4.79 Å². The zero-order chi connectivity index (χ0) is 17.6. The lowest BCUT2D eigenvalue weighted by atomic mass is 9.97. The molecule has 5 heteroatoms. The largest absolute Gasteiger partial charge is 0.334 e. The number of rotatable bonds is 5. The number of likely N-dealkylation sites (N-methyl/N-ethyl adjacent to an activating group) is 1. The number of piperazine rings is 1. The van der Waals surface area contributed by atoms with Gasteiger partial charge < -0.3 is 10.2 Å². The van der Waals surface area contributed by atoms with Crippen LogP contribution in [0.25, 0.3) is 0 Å². The van der Waals surface area contributed by atoms with Crippen LogP contribution < -0.4 is 5.32 Å². The third-order valence-corrected chi connectivity index (χ3v) is 4.99. The van der Waals surface area contributed by atoms with Gasteiger partial charge in [0.15, 0.2) is 0 Å². The summed E-state index contributed by atoms with van der Waals surface area (Å²) in [5.74, 6) is 0.159. The van der Waals surface area contributed by atoms with Crippen molar-refractivity contribution in [2.45, 2.75) is 19.0 Å². The summed E-state index contributed by atoms with van der Waals surface area (Å²) in [5.41, 5.74) is 2.27. The molecule has 1 saturated heterocycles. The molecule has 1 N–H and O–H groups in total. The lowest BCUT2D eigenvalue weighted by Gasteiger charge is -2.36. The molecule has 0 unspecified atom stereocenters. The summed E-state index contributed by atoms with van der Waals surface area (Å²) in [6.07, 6.45) is 0. The Bertz CT molecular complexity index is 641. The number of hydrogen-bond acceptors (Lipinski definition) is 3. The molecule has 2 aromatic carbocycles. The van der Waals surface area contributed by atoms with Crippen molar-refractivity contribution in [1.29, 1.82) is 0 Å². The Morgan fingerprint density at radius 1 is 1.12 bits per heavy atom. The smallest absolute Gasteiger partial charge is 0.237 e. The van der Waals surface area contributed by atoms with E-state index in [4.69, 9.17) is 0 Å². The molecule has 4 nitrogen and oxygen atoms in total. The van der Waals surface area contributed by atoms with Crippen LogP contribution in [0.4, 0.5) is 0 Å². The zero-order valence-corrected chi connectivity index (χ0v) is 16.3. The average molecular weight is 374 g/mol. The maximum Gasteiger partial charge on any atom is 0.237 e. The maximum absolute atomic E-state index is 13.0. The molecular formula is C21H28ClN3O. The molecule has 1 aliphatic heterocycles. The number of nitrogens with one attached hydrogen (secondary N) is 1. The van der Waals surface area contributed by atoms with E-state index in [0.29, 0.717) is 12.6 Å². The van der Waals surface area contributed by atoms with E-state index in [-0.39, 0.29) is 24.4 Å². The van der Waals surface area contributed by atoms with Gasteiger partial charge in [-0.15, -0.1) is 12.4 Å². The van der Waals surface area contributed by atoms with Crippen LogP contribution in [0.1, 0.15) is 24.1 Å². The third-order valence-electron chi connectivity index (χ3n) is 4.99. The number of benzene rings is 2. The van der Waals surface area contributed by atoms with Gasteiger partial charge in [-0.2, -0.15) is 0 Å². The van der Waals surface area contributed by atoms with E-state index < -0.39 is 0 Å². The minimum absolute atomic E-state index is 0. The molecular weight excluding hydrogens is 346 g/mol. The summed E-state index contributed by atoms with van der Waals surface area (Å²) in [6, 6.07) is 20.8. The van der Waals surface area contributed by atoms with E-state index >= 15 is 0 Å². The molecule has 0 radical (unpaired) electrons. The fraction of sp³-hybridized carbons (Fsp3) is 0.381. The van der Waals surface area contributed by atoms with Crippen LogP contribution >= 0.6 is 12.4 Å². The van der Waals surface area contributed by atoms with Gasteiger partial charge in [0.1, 0.15) is 0 Å². The van der Waals surface area contributed by atoms with Gasteiger partial charge >= 0.3 is 0 Å². The highest BCUT2D eigenvalue weighted by atomic mass is 35.5. The second kappa shape index (κ2) is 9.72. The number of nitrogens with zero attached hydrogens (tertiary/aromatic N) is 2. The van der Waals surface area contributed by atoms with Crippen molar-refractivity contribution in [2.75, 3.05) is 33.2 Å². The first-order valence-electron chi connectivity index (χ1n) is 8.97. The van der Waals surface area contributed by atoms with E-state index in [1.54, 1.807) is 0 Å². The van der Waals surface area contributed by atoms with Gasteiger partial charge in [-0.25, -0.2) is 0 Å². The van der Waals surface area contributed by atoms with E-state index in [2.05, 4.69) is 41.4 Å². The van der Waals surface area contributed by atoms with Crippen LogP contribution in [0.3, 0.4) is 0 Å². The Morgan fingerprint density at radius 2 is 1.65 bits per heavy atom. The molecule has 1 fully saturated rings. The molecule has 1 atom stereocenters. The molecule has 1 aliphatic rings. The van der Waals surface area contributed by atoms with Gasteiger partial charge in [-0.1, -0.05) is 60.7 Å². The highest BCUT2D eigenvalue weighted by molar-refractivity contribution is 5.85. The first-order valence-corrected chi connectivity index (χ1v) is 8.97. The fourth-order valence-electron chi connectivity index (χ4n) is 3.46. The Kier molecular flexibility index (Phi) is 7.64. The van der Waals surface area contributed by atoms with Crippen LogP contribution in [-0.2, 0) is 4.79 Å². The molecule has 26 heavy (non-hydrogen) atoms. The summed E-state index contributed by atoms with van der Waals surface area (Å²) >= 11 is 0. The Morgan fingerprint density at radius 3 is 2.15 bits per heavy atom. The van der Waals surface area contributed by atoms with Crippen molar-refractivity contribution in [2.24, 2.45) is 0 Å². The molecule has 3 rings (SSSR count). The van der Waals surface area contributed by atoms with Crippen molar-refractivity contribution in [3.8, 4) is 0 Å². The summed E-state index contributed by atoms with van der Waals surface area (Å²) in [5, 5.41) is 3.37. The molecule has 0 bridgehead atoms. The van der Waals surface area contributed by atoms with Gasteiger partial charge in [0.2, 0.25) is 5.91 Å². The highest BCUT2D eigenvalue weighted by Crippen LogP contribution is 2.27. The third kappa shape index (κ3) is 4.85. The Labute approximate surface area is 162 Å². The molecule has 0 spiro atoms. The predicted octanol–water partition coefficient (Wildman–Crippen LogP) is 2.95. The molecule has 140 valence electrons. The van der Waals surface area contributed by atoms with E-state index in [0.717, 1.165) is 30.8 Å². The lowest BCUT2D eigenvalue weighted by molar-refractivity contribution is -0.133. The number of carbonyl (C=O) groups excluding carboxylic acids is 1. The highest BCUT2D eigenvalue weighted by Gasteiger charge is 2.27. The van der Waals surface area contributed by atoms with Crippen molar-refractivity contribution in [1.82, 2.24) is 15.1 Å². The molecule has 1 heterocycles. The normalized spacial score (nSPS) is 17.6. The number of carbonyl (C=O) groups is 1. The molecule has 1 amide bonds. The van der Waals surface area contributed by atoms with E-state index in [1.165, 1.54) is 0 Å². The summed E-state index contributed by atoms with van der Waals surface area (Å²) < 4.78 is 0. The topological polar surface area (TPSA) is 35.6 Å². The Balaban J connectivity index is 0.00000243. The van der Waals surface area contributed by atoms with Crippen LogP contribution in [-0.4, -0.2) is 55.0 Å². The van der Waals surface area contributed by atoms with Gasteiger partial charge in [0.05, 0.1) is 12.6 Å². The molecule has 2 aromatic rings. The van der Waals surface area contributed by atoms with Crippen LogP contribution in [0.5, 0.6) is 0 Å². The SMILES string of the molecule is C[C@H]1CNCCN1CC(=O)N(C)C(c1ccccc1)c1ccccc1.Cl. The fourth-order valence-corrected chi connectivity index (χ4v) is 3.46. The number of hydrogen-bond donors (Lipinski definition) is 1. The van der Waals surface area contributed by atoms with Crippen LogP contribution in [0.15, 0.2) is 60.7 Å². The Hall–Kier alpha value is -1.88. The van der Waals surface area contributed by atoms with Gasteiger partial charge in [0, 0.05) is 32.7 Å². The van der Waals surface area contributed by atoms with Crippen LogP contribution in [0, 0.1) is 0 Å². The second-order valence-corrected chi connectivity index (χ2v) is 6.75. The van der Waals surface area contributed by atoms with Gasteiger partial charge in [-0.05, 0) is 18.1 Å². The summed E-state index contributed by atoms with van der Waals surface area (Å²) in [4.78, 5) is 17.2. The second-order valence-electron chi connectivity index (χ2n) is 6.75. The average Bonchev–Trinajstić information content (AvgIpc) is 2.65. The van der Waals surface area contributed by atoms with Crippen molar-refractivity contribution >= 4 is 18.3 Å². The van der Waals surface area contributed by atoms with Crippen molar-refractivity contribution in [3.05, 3.63) is 71.8 Å². The number of halogens is 1. The lowest BCUT2D eigenvalue weighted by Crippen LogP contribution is -2.53. The van der Waals surface area contributed by atoms with E-state index in [1.807, 2.05) is 48.3 Å². The minimum atomic E-state index is -0.0619. The number of amides is 1. The van der Waals surface area contributed by atoms with Gasteiger partial charge in [-0.3, -0.25) is 9.69 Å². The minimum Gasteiger partial charge on any atom is -0.334 e. The monoisotopic (exact) mass is 373 g/mol. The quantitative estimate of drug-likeness (QED) is 0.875. The van der Waals surface area contributed by atoms with Crippen molar-refractivity contribution < 1.29 is 4.79 Å². The molecule has 0 aliphatic carbocycles. The van der Waals surface area contributed by atoms with Crippen molar-refractivity contribution in [3.63, 3.8) is 0 Å². The predicted molar refractivity (Wildman–Crippen MR) is 109 cm³/mol.